The number of aryl methyl sites for hydroxylation is 1. The third-order valence-electron chi connectivity index (χ3n) is 4.31. The maximum Gasteiger partial charge on any atom is 0.252 e. The number of nitrogens with zero attached hydrogens (tertiary/aromatic N) is 1. The van der Waals surface area contributed by atoms with Gasteiger partial charge in [0.1, 0.15) is 5.54 Å². The second-order valence-corrected chi connectivity index (χ2v) is 5.82. The molecule has 1 aliphatic heterocycles. The fraction of sp³-hybridized carbons (Fsp3) is 0.467. The first-order chi connectivity index (χ1) is 9.25. The number of hydrogen-bond acceptors (Lipinski definition) is 2. The standard InChI is InChI=1S/C15H17N3O/c19-13-15(18-14(17-13)16-12-5-6-12)8-7-10-3-1-2-4-11(10)9-15/h1-4,12H,5-9H2,(H2,16,17,18,19). The van der Waals surface area contributed by atoms with E-state index in [4.69, 9.17) is 0 Å². The Morgan fingerprint density at radius 3 is 2.79 bits per heavy atom. The van der Waals surface area contributed by atoms with E-state index in [-0.39, 0.29) is 5.91 Å². The Morgan fingerprint density at radius 2 is 2.00 bits per heavy atom. The molecule has 2 aliphatic carbocycles. The van der Waals surface area contributed by atoms with Crippen LogP contribution in [0, 0.1) is 0 Å². The number of carbonyl (C=O) groups is 1. The summed E-state index contributed by atoms with van der Waals surface area (Å²) in [6.45, 7) is 0. The molecular weight excluding hydrogens is 238 g/mol. The molecule has 19 heavy (non-hydrogen) atoms. The Bertz CT molecular complexity index is 577. The highest BCUT2D eigenvalue weighted by Gasteiger charge is 2.47. The molecule has 1 aromatic rings. The summed E-state index contributed by atoms with van der Waals surface area (Å²) < 4.78 is 0. The molecule has 2 fully saturated rings. The van der Waals surface area contributed by atoms with E-state index in [1.807, 2.05) is 6.07 Å². The summed E-state index contributed by atoms with van der Waals surface area (Å²) in [7, 11) is 0. The molecule has 0 aromatic heterocycles. The van der Waals surface area contributed by atoms with Gasteiger partial charge in [0.25, 0.3) is 5.91 Å². The van der Waals surface area contributed by atoms with Gasteiger partial charge in [-0.25, -0.2) is 4.99 Å². The van der Waals surface area contributed by atoms with Crippen molar-refractivity contribution in [1.29, 1.82) is 0 Å². The molecule has 4 rings (SSSR count). The van der Waals surface area contributed by atoms with Gasteiger partial charge in [-0.1, -0.05) is 24.3 Å². The quantitative estimate of drug-likeness (QED) is 0.791. The van der Waals surface area contributed by atoms with Crippen LogP contribution in [-0.4, -0.2) is 23.4 Å². The first-order valence-electron chi connectivity index (χ1n) is 6.99. The van der Waals surface area contributed by atoms with Crippen molar-refractivity contribution < 1.29 is 4.79 Å². The Labute approximate surface area is 112 Å². The summed E-state index contributed by atoms with van der Waals surface area (Å²) in [5.41, 5.74) is 2.18. The summed E-state index contributed by atoms with van der Waals surface area (Å²) in [6, 6.07) is 8.83. The van der Waals surface area contributed by atoms with Gasteiger partial charge >= 0.3 is 0 Å². The molecule has 1 amide bonds. The highest BCUT2D eigenvalue weighted by atomic mass is 16.2. The van der Waals surface area contributed by atoms with Crippen molar-refractivity contribution in [2.24, 2.45) is 4.99 Å². The predicted octanol–water partition coefficient (Wildman–Crippen LogP) is 1.15. The molecule has 1 unspecified atom stereocenters. The van der Waals surface area contributed by atoms with Gasteiger partial charge in [-0.3, -0.25) is 10.1 Å². The van der Waals surface area contributed by atoms with E-state index in [0.717, 1.165) is 32.1 Å². The van der Waals surface area contributed by atoms with Crippen LogP contribution >= 0.6 is 0 Å². The van der Waals surface area contributed by atoms with Crippen LogP contribution in [0.3, 0.4) is 0 Å². The van der Waals surface area contributed by atoms with E-state index in [1.54, 1.807) is 0 Å². The second kappa shape index (κ2) is 3.83. The highest BCUT2D eigenvalue weighted by molar-refractivity contribution is 6.09. The Morgan fingerprint density at radius 1 is 1.21 bits per heavy atom. The third kappa shape index (κ3) is 1.82. The molecule has 0 bridgehead atoms. The summed E-state index contributed by atoms with van der Waals surface area (Å²) in [4.78, 5) is 16.8. The lowest BCUT2D eigenvalue weighted by atomic mass is 9.78. The van der Waals surface area contributed by atoms with E-state index < -0.39 is 5.54 Å². The molecule has 1 heterocycles. The minimum atomic E-state index is -0.470. The monoisotopic (exact) mass is 255 g/mol. The average molecular weight is 255 g/mol. The molecule has 4 heteroatoms. The molecule has 1 saturated carbocycles. The fourth-order valence-corrected chi connectivity index (χ4v) is 3.03. The van der Waals surface area contributed by atoms with Gasteiger partial charge in [0.15, 0.2) is 5.96 Å². The van der Waals surface area contributed by atoms with Crippen molar-refractivity contribution in [2.75, 3.05) is 0 Å². The van der Waals surface area contributed by atoms with Crippen LogP contribution < -0.4 is 10.6 Å². The van der Waals surface area contributed by atoms with Crippen molar-refractivity contribution in [3.63, 3.8) is 0 Å². The number of guanidine groups is 1. The zero-order chi connectivity index (χ0) is 12.9. The molecular formula is C15H17N3O. The zero-order valence-corrected chi connectivity index (χ0v) is 10.8. The summed E-state index contributed by atoms with van der Waals surface area (Å²) in [5.74, 6) is 0.772. The van der Waals surface area contributed by atoms with Crippen molar-refractivity contribution in [1.82, 2.24) is 10.6 Å². The van der Waals surface area contributed by atoms with Gasteiger partial charge in [0.05, 0.1) is 6.04 Å². The van der Waals surface area contributed by atoms with E-state index >= 15 is 0 Å². The molecule has 4 nitrogen and oxygen atoms in total. The van der Waals surface area contributed by atoms with Crippen molar-refractivity contribution in [3.8, 4) is 0 Å². The molecule has 2 N–H and O–H groups in total. The summed E-state index contributed by atoms with van der Waals surface area (Å²) in [5, 5.41) is 6.27. The van der Waals surface area contributed by atoms with Gasteiger partial charge in [0, 0.05) is 6.42 Å². The van der Waals surface area contributed by atoms with Crippen LogP contribution in [-0.2, 0) is 17.6 Å². The van der Waals surface area contributed by atoms with Crippen molar-refractivity contribution >= 4 is 11.9 Å². The number of nitrogens with one attached hydrogen (secondary N) is 2. The maximum absolute atomic E-state index is 12.3. The number of rotatable bonds is 1. The largest absolute Gasteiger partial charge is 0.341 e. The Balaban J connectivity index is 1.63. The van der Waals surface area contributed by atoms with Gasteiger partial charge in [0.2, 0.25) is 0 Å². The number of carbonyl (C=O) groups excluding carboxylic acids is 1. The number of aliphatic imine (C=N–C) groups is 1. The zero-order valence-electron chi connectivity index (χ0n) is 10.8. The fourth-order valence-electron chi connectivity index (χ4n) is 3.03. The second-order valence-electron chi connectivity index (χ2n) is 5.82. The molecule has 1 saturated heterocycles. The van der Waals surface area contributed by atoms with Crippen LogP contribution in [0.1, 0.15) is 30.4 Å². The van der Waals surface area contributed by atoms with Crippen molar-refractivity contribution in [2.45, 2.75) is 43.7 Å². The highest BCUT2D eigenvalue weighted by Crippen LogP contribution is 2.31. The van der Waals surface area contributed by atoms with E-state index in [1.165, 1.54) is 11.1 Å². The average Bonchev–Trinajstić information content (AvgIpc) is 3.17. The number of benzene rings is 1. The number of hydrogen-bond donors (Lipinski definition) is 2. The van der Waals surface area contributed by atoms with E-state index in [9.17, 15) is 4.79 Å². The van der Waals surface area contributed by atoms with Gasteiger partial charge in [-0.2, -0.15) is 0 Å². The lowest BCUT2D eigenvalue weighted by molar-refractivity contribution is -0.124. The number of fused-ring (bicyclic) bond motifs is 1. The van der Waals surface area contributed by atoms with Gasteiger partial charge < -0.3 is 5.32 Å². The van der Waals surface area contributed by atoms with Crippen LogP contribution in [0.2, 0.25) is 0 Å². The molecule has 1 aromatic carbocycles. The van der Waals surface area contributed by atoms with E-state index in [0.29, 0.717) is 12.0 Å². The first kappa shape index (κ1) is 11.0. The van der Waals surface area contributed by atoms with E-state index in [2.05, 4.69) is 33.8 Å². The van der Waals surface area contributed by atoms with Gasteiger partial charge in [-0.05, 0) is 36.8 Å². The van der Waals surface area contributed by atoms with Crippen LogP contribution in [0.4, 0.5) is 0 Å². The lowest BCUT2D eigenvalue weighted by Gasteiger charge is -2.32. The minimum absolute atomic E-state index is 0.0846. The van der Waals surface area contributed by atoms with Crippen molar-refractivity contribution in [3.05, 3.63) is 35.4 Å². The summed E-state index contributed by atoms with van der Waals surface area (Å²) >= 11 is 0. The first-order valence-corrected chi connectivity index (χ1v) is 6.99. The molecule has 3 aliphatic rings. The smallest absolute Gasteiger partial charge is 0.252 e. The molecule has 1 atom stereocenters. The lowest BCUT2D eigenvalue weighted by Crippen LogP contribution is -2.51. The summed E-state index contributed by atoms with van der Waals surface area (Å²) in [6.07, 6.45) is 4.86. The SMILES string of the molecule is O=C1NC(=NC2CC2)NC12CCc1ccccc1C2. The van der Waals surface area contributed by atoms with Gasteiger partial charge in [-0.15, -0.1) is 0 Å². The molecule has 1 spiro atoms. The Hall–Kier alpha value is -1.84. The number of amides is 1. The molecule has 0 radical (unpaired) electrons. The topological polar surface area (TPSA) is 53.5 Å². The predicted molar refractivity (Wildman–Crippen MR) is 72.9 cm³/mol. The molecule has 98 valence electrons. The van der Waals surface area contributed by atoms with Crippen LogP contribution in [0.5, 0.6) is 0 Å². The van der Waals surface area contributed by atoms with Crippen LogP contribution in [0.25, 0.3) is 0 Å². The minimum Gasteiger partial charge on any atom is -0.341 e. The normalized spacial score (nSPS) is 31.2. The third-order valence-corrected chi connectivity index (χ3v) is 4.31. The maximum atomic E-state index is 12.3. The Kier molecular flexibility index (Phi) is 2.22. The van der Waals surface area contributed by atoms with Crippen LogP contribution in [0.15, 0.2) is 29.3 Å².